The number of para-hydroxylation sites is 1. The van der Waals surface area contributed by atoms with Crippen molar-refractivity contribution >= 4 is 23.2 Å². The molecular formula is C18H19ClN2O. The molecule has 1 amide bonds. The highest BCUT2D eigenvalue weighted by Crippen LogP contribution is 2.35. The van der Waals surface area contributed by atoms with Gasteiger partial charge in [0.2, 0.25) is 0 Å². The molecular weight excluding hydrogens is 296 g/mol. The minimum Gasteiger partial charge on any atom is -0.361 e. The topological polar surface area (TPSA) is 32.3 Å². The minimum absolute atomic E-state index is 0.0636. The highest BCUT2D eigenvalue weighted by Gasteiger charge is 2.35. The maximum absolute atomic E-state index is 12.9. The summed E-state index contributed by atoms with van der Waals surface area (Å²) in [4.78, 5) is 14.8. The van der Waals surface area contributed by atoms with Gasteiger partial charge in [0.15, 0.2) is 0 Å². The molecule has 4 heteroatoms. The number of anilines is 1. The molecule has 0 saturated heterocycles. The summed E-state index contributed by atoms with van der Waals surface area (Å²) >= 11 is 6.13. The van der Waals surface area contributed by atoms with E-state index >= 15 is 0 Å². The number of halogens is 1. The van der Waals surface area contributed by atoms with E-state index in [0.717, 1.165) is 23.2 Å². The van der Waals surface area contributed by atoms with E-state index in [1.54, 1.807) is 0 Å². The van der Waals surface area contributed by atoms with Crippen molar-refractivity contribution in [1.29, 1.82) is 0 Å². The van der Waals surface area contributed by atoms with Gasteiger partial charge in [0, 0.05) is 16.8 Å². The van der Waals surface area contributed by atoms with Crippen LogP contribution in [-0.4, -0.2) is 16.8 Å². The summed E-state index contributed by atoms with van der Waals surface area (Å²) in [5.74, 6) is 0.0636. The van der Waals surface area contributed by atoms with Crippen molar-refractivity contribution in [3.63, 3.8) is 0 Å². The van der Waals surface area contributed by atoms with Gasteiger partial charge in [-0.1, -0.05) is 42.8 Å². The first kappa shape index (κ1) is 14.9. The number of amides is 1. The lowest BCUT2D eigenvalue weighted by molar-refractivity contribution is 0.0593. The van der Waals surface area contributed by atoms with Crippen LogP contribution in [0.1, 0.15) is 42.4 Å². The second-order valence-corrected chi connectivity index (χ2v) is 6.05. The number of carbonyl (C=O) groups excluding carboxylic acids is 1. The van der Waals surface area contributed by atoms with Crippen LogP contribution in [0.4, 0.5) is 5.69 Å². The summed E-state index contributed by atoms with van der Waals surface area (Å²) in [5, 5.41) is 4.16. The zero-order valence-corrected chi connectivity index (χ0v) is 13.5. The number of nitrogens with zero attached hydrogens (tertiary/aromatic N) is 1. The average molecular weight is 315 g/mol. The van der Waals surface area contributed by atoms with E-state index in [1.807, 2.05) is 53.4 Å². The van der Waals surface area contributed by atoms with Gasteiger partial charge >= 0.3 is 0 Å². The lowest BCUT2D eigenvalue weighted by Gasteiger charge is -2.41. The zero-order chi connectivity index (χ0) is 15.7. The fourth-order valence-electron chi connectivity index (χ4n) is 2.84. The Morgan fingerprint density at radius 3 is 2.73 bits per heavy atom. The van der Waals surface area contributed by atoms with Crippen LogP contribution in [0.5, 0.6) is 0 Å². The molecule has 2 aromatic rings. The van der Waals surface area contributed by atoms with Crippen LogP contribution in [0.15, 0.2) is 48.5 Å². The molecule has 0 spiro atoms. The van der Waals surface area contributed by atoms with Crippen molar-refractivity contribution in [2.75, 3.05) is 5.32 Å². The van der Waals surface area contributed by atoms with E-state index in [2.05, 4.69) is 19.2 Å². The second-order valence-electron chi connectivity index (χ2n) is 5.62. The lowest BCUT2D eigenvalue weighted by Crippen LogP contribution is -2.47. The molecule has 2 unspecified atom stereocenters. The van der Waals surface area contributed by atoms with Crippen molar-refractivity contribution in [1.82, 2.24) is 4.90 Å². The third kappa shape index (κ3) is 2.57. The van der Waals surface area contributed by atoms with Crippen LogP contribution in [0.2, 0.25) is 5.02 Å². The molecule has 114 valence electrons. The molecule has 2 atom stereocenters. The molecule has 0 aromatic heterocycles. The number of carbonyl (C=O) groups is 1. The Bertz CT molecular complexity index is 701. The van der Waals surface area contributed by atoms with Crippen LogP contribution < -0.4 is 5.32 Å². The Morgan fingerprint density at radius 1 is 1.23 bits per heavy atom. The lowest BCUT2D eigenvalue weighted by atomic mass is 10.0. The number of fused-ring (bicyclic) bond motifs is 1. The number of hydrogen-bond acceptors (Lipinski definition) is 2. The van der Waals surface area contributed by atoms with Gasteiger partial charge in [-0.05, 0) is 43.2 Å². The minimum atomic E-state index is -0.198. The van der Waals surface area contributed by atoms with Gasteiger partial charge < -0.3 is 10.2 Å². The van der Waals surface area contributed by atoms with E-state index in [0.29, 0.717) is 5.02 Å². The third-order valence-corrected chi connectivity index (χ3v) is 4.43. The van der Waals surface area contributed by atoms with Crippen molar-refractivity contribution in [3.8, 4) is 0 Å². The molecule has 0 bridgehead atoms. The predicted octanol–water partition coefficient (Wildman–Crippen LogP) is 4.71. The summed E-state index contributed by atoms with van der Waals surface area (Å²) in [7, 11) is 0. The fourth-order valence-corrected chi connectivity index (χ4v) is 3.04. The van der Waals surface area contributed by atoms with Gasteiger partial charge in [-0.3, -0.25) is 4.79 Å². The monoisotopic (exact) mass is 314 g/mol. The van der Waals surface area contributed by atoms with Crippen molar-refractivity contribution in [3.05, 3.63) is 64.7 Å². The van der Waals surface area contributed by atoms with Gasteiger partial charge in [-0.2, -0.15) is 0 Å². The van der Waals surface area contributed by atoms with Gasteiger partial charge in [-0.15, -0.1) is 0 Å². The Labute approximate surface area is 135 Å². The molecule has 0 radical (unpaired) electrons. The molecule has 0 saturated carbocycles. The van der Waals surface area contributed by atoms with E-state index < -0.39 is 0 Å². The number of nitrogens with one attached hydrogen (secondary N) is 1. The molecule has 22 heavy (non-hydrogen) atoms. The van der Waals surface area contributed by atoms with E-state index in [9.17, 15) is 4.79 Å². The number of benzene rings is 2. The van der Waals surface area contributed by atoms with Crippen molar-refractivity contribution in [2.45, 2.75) is 32.5 Å². The van der Waals surface area contributed by atoms with Crippen LogP contribution in [0.25, 0.3) is 0 Å². The van der Waals surface area contributed by atoms with E-state index in [-0.39, 0.29) is 18.1 Å². The summed E-state index contributed by atoms with van der Waals surface area (Å²) < 4.78 is 0. The normalized spacial score (nSPS) is 18.6. The fraction of sp³-hybridized carbons (Fsp3) is 0.278. The summed E-state index contributed by atoms with van der Waals surface area (Å²) in [6, 6.07) is 15.5. The summed E-state index contributed by atoms with van der Waals surface area (Å²) in [6.45, 7) is 4.17. The Balaban J connectivity index is 2.09. The molecule has 0 fully saturated rings. The van der Waals surface area contributed by atoms with Crippen LogP contribution in [0, 0.1) is 0 Å². The van der Waals surface area contributed by atoms with Crippen LogP contribution in [0.3, 0.4) is 0 Å². The Morgan fingerprint density at radius 2 is 2.00 bits per heavy atom. The van der Waals surface area contributed by atoms with Gasteiger partial charge in [0.25, 0.3) is 5.91 Å². The smallest absolute Gasteiger partial charge is 0.258 e. The summed E-state index contributed by atoms with van der Waals surface area (Å²) in [5.41, 5.74) is 2.59. The van der Waals surface area contributed by atoms with E-state index in [4.69, 9.17) is 11.6 Å². The Hall–Kier alpha value is -2.00. The first-order valence-electron chi connectivity index (χ1n) is 7.55. The zero-order valence-electron chi connectivity index (χ0n) is 12.7. The van der Waals surface area contributed by atoms with Gasteiger partial charge in [0.05, 0.1) is 5.56 Å². The molecule has 1 aliphatic heterocycles. The predicted molar refractivity (Wildman–Crippen MR) is 90.2 cm³/mol. The van der Waals surface area contributed by atoms with Crippen LogP contribution in [-0.2, 0) is 0 Å². The molecule has 1 N–H and O–H groups in total. The first-order chi connectivity index (χ1) is 10.6. The van der Waals surface area contributed by atoms with Gasteiger partial charge in [-0.25, -0.2) is 0 Å². The van der Waals surface area contributed by atoms with Crippen molar-refractivity contribution < 1.29 is 4.79 Å². The Kier molecular flexibility index (Phi) is 4.08. The molecule has 1 heterocycles. The standard InChI is InChI=1S/C18H19ClN2O/c1-3-12(2)21-17(13-7-6-8-14(19)11-13)20-16-10-5-4-9-15(16)18(21)22/h4-12,17,20H,3H2,1-2H3. The van der Waals surface area contributed by atoms with Gasteiger partial charge in [0.1, 0.15) is 6.17 Å². The molecule has 1 aliphatic rings. The molecule has 2 aromatic carbocycles. The van der Waals surface area contributed by atoms with Crippen molar-refractivity contribution in [2.24, 2.45) is 0 Å². The SMILES string of the molecule is CCC(C)N1C(=O)c2ccccc2NC1c1cccc(Cl)c1. The largest absolute Gasteiger partial charge is 0.361 e. The average Bonchev–Trinajstić information content (AvgIpc) is 2.54. The molecule has 3 rings (SSSR count). The molecule has 0 aliphatic carbocycles. The highest BCUT2D eigenvalue weighted by atomic mass is 35.5. The second kappa shape index (κ2) is 6.01. The van der Waals surface area contributed by atoms with E-state index in [1.165, 1.54) is 0 Å². The maximum Gasteiger partial charge on any atom is 0.258 e. The quantitative estimate of drug-likeness (QED) is 0.890. The molecule has 3 nitrogen and oxygen atoms in total. The third-order valence-electron chi connectivity index (χ3n) is 4.19. The number of hydrogen-bond donors (Lipinski definition) is 1. The highest BCUT2D eigenvalue weighted by molar-refractivity contribution is 6.30. The maximum atomic E-state index is 12.9. The van der Waals surface area contributed by atoms with Crippen LogP contribution >= 0.6 is 11.6 Å². The number of rotatable bonds is 3. The first-order valence-corrected chi connectivity index (χ1v) is 7.93. The summed E-state index contributed by atoms with van der Waals surface area (Å²) in [6.07, 6.45) is 0.697.